The molecule has 0 saturated heterocycles. The van der Waals surface area contributed by atoms with E-state index < -0.39 is 0 Å². The Balaban J connectivity index is 1.65. The molecule has 0 atom stereocenters. The standard InChI is InChI=1S/C20H18Cl2N2/c21-19-9-5-17(6-10-19)3-1-13-23-15-16-24-14-2-4-18-7-11-20(22)12-8-18/h1-14H,15-16H2/b3-1+,4-2+,23-13?,24-14?. The molecular weight excluding hydrogens is 339 g/mol. The Labute approximate surface area is 152 Å². The SMILES string of the molecule is Clc1ccc(/C=C/C=NCCN=C/C=C/c2ccc(Cl)cc2)cc1. The second kappa shape index (κ2) is 10.6. The number of benzene rings is 2. The Hall–Kier alpha value is -2.16. The zero-order valence-electron chi connectivity index (χ0n) is 13.1. The second-order valence-electron chi connectivity index (χ2n) is 4.93. The molecule has 2 rings (SSSR count). The highest BCUT2D eigenvalue weighted by Crippen LogP contribution is 2.11. The second-order valence-corrected chi connectivity index (χ2v) is 5.80. The third-order valence-electron chi connectivity index (χ3n) is 3.06. The lowest BCUT2D eigenvalue weighted by Gasteiger charge is -1.92. The summed E-state index contributed by atoms with van der Waals surface area (Å²) in [4.78, 5) is 8.56. The summed E-state index contributed by atoms with van der Waals surface area (Å²) in [5, 5.41) is 1.48. The van der Waals surface area contributed by atoms with Gasteiger partial charge in [-0.3, -0.25) is 9.98 Å². The molecule has 0 spiro atoms. The molecule has 0 aliphatic heterocycles. The van der Waals surface area contributed by atoms with Crippen molar-refractivity contribution in [3.8, 4) is 0 Å². The summed E-state index contributed by atoms with van der Waals surface area (Å²) in [5.41, 5.74) is 2.19. The van der Waals surface area contributed by atoms with Crippen molar-refractivity contribution in [3.05, 3.63) is 81.9 Å². The summed E-state index contributed by atoms with van der Waals surface area (Å²) in [5.74, 6) is 0. The molecule has 0 radical (unpaired) electrons. The van der Waals surface area contributed by atoms with Gasteiger partial charge in [-0.25, -0.2) is 0 Å². The summed E-state index contributed by atoms with van der Waals surface area (Å²) in [7, 11) is 0. The van der Waals surface area contributed by atoms with Crippen LogP contribution in [0.4, 0.5) is 0 Å². The molecule has 2 nitrogen and oxygen atoms in total. The first kappa shape index (κ1) is 18.2. The van der Waals surface area contributed by atoms with E-state index in [9.17, 15) is 0 Å². The van der Waals surface area contributed by atoms with E-state index in [4.69, 9.17) is 23.2 Å². The predicted molar refractivity (Wildman–Crippen MR) is 108 cm³/mol. The number of hydrogen-bond donors (Lipinski definition) is 0. The van der Waals surface area contributed by atoms with Crippen LogP contribution in [0.2, 0.25) is 10.0 Å². The molecular formula is C20H18Cl2N2. The molecule has 2 aromatic carbocycles. The molecule has 0 bridgehead atoms. The van der Waals surface area contributed by atoms with Crippen molar-refractivity contribution in [2.24, 2.45) is 9.98 Å². The highest BCUT2D eigenvalue weighted by molar-refractivity contribution is 6.30. The van der Waals surface area contributed by atoms with Crippen molar-refractivity contribution in [1.82, 2.24) is 0 Å². The Bertz CT molecular complexity index is 662. The van der Waals surface area contributed by atoms with Crippen LogP contribution in [0.25, 0.3) is 12.2 Å². The lowest BCUT2D eigenvalue weighted by molar-refractivity contribution is 0.986. The van der Waals surface area contributed by atoms with E-state index in [0.717, 1.165) is 21.2 Å². The maximum atomic E-state index is 5.83. The fourth-order valence-corrected chi connectivity index (χ4v) is 2.09. The first-order chi connectivity index (χ1) is 11.7. The lowest BCUT2D eigenvalue weighted by atomic mass is 10.2. The van der Waals surface area contributed by atoms with Crippen molar-refractivity contribution in [1.29, 1.82) is 0 Å². The summed E-state index contributed by atoms with van der Waals surface area (Å²) >= 11 is 11.7. The molecule has 0 aliphatic rings. The van der Waals surface area contributed by atoms with Gasteiger partial charge in [0.2, 0.25) is 0 Å². The normalized spacial score (nSPS) is 12.2. The average molecular weight is 357 g/mol. The molecule has 0 amide bonds. The number of rotatable bonds is 7. The van der Waals surface area contributed by atoms with Crippen molar-refractivity contribution in [2.45, 2.75) is 0 Å². The molecule has 0 unspecified atom stereocenters. The minimum Gasteiger partial charge on any atom is -0.291 e. The molecule has 0 N–H and O–H groups in total. The molecule has 0 fully saturated rings. The molecule has 0 aromatic heterocycles. The Morgan fingerprint density at radius 2 is 1.00 bits per heavy atom. The van der Waals surface area contributed by atoms with Crippen LogP contribution in [0.15, 0.2) is 70.7 Å². The molecule has 0 saturated carbocycles. The van der Waals surface area contributed by atoms with Crippen LogP contribution < -0.4 is 0 Å². The fraction of sp³-hybridized carbons (Fsp3) is 0.100. The Kier molecular flexibility index (Phi) is 8.02. The molecule has 122 valence electrons. The molecule has 0 heterocycles. The van der Waals surface area contributed by atoms with Gasteiger partial charge in [0.05, 0.1) is 13.1 Å². The number of halogens is 2. The number of allylic oxidation sites excluding steroid dienone is 2. The number of hydrogen-bond acceptors (Lipinski definition) is 2. The minimum atomic E-state index is 0.663. The van der Waals surface area contributed by atoms with Crippen molar-refractivity contribution in [3.63, 3.8) is 0 Å². The van der Waals surface area contributed by atoms with Gasteiger partial charge in [0.25, 0.3) is 0 Å². The first-order valence-electron chi connectivity index (χ1n) is 7.58. The minimum absolute atomic E-state index is 0.663. The van der Waals surface area contributed by atoms with Crippen LogP contribution in [0, 0.1) is 0 Å². The topological polar surface area (TPSA) is 24.7 Å². The maximum absolute atomic E-state index is 5.83. The fourth-order valence-electron chi connectivity index (χ4n) is 1.84. The number of aliphatic imine (C=N–C) groups is 2. The summed E-state index contributed by atoms with van der Waals surface area (Å²) in [6, 6.07) is 15.3. The summed E-state index contributed by atoms with van der Waals surface area (Å²) in [6.07, 6.45) is 11.4. The molecule has 2 aromatic rings. The summed E-state index contributed by atoms with van der Waals surface area (Å²) < 4.78 is 0. The highest BCUT2D eigenvalue weighted by atomic mass is 35.5. The van der Waals surface area contributed by atoms with Crippen molar-refractivity contribution < 1.29 is 0 Å². The lowest BCUT2D eigenvalue weighted by Crippen LogP contribution is -1.86. The summed E-state index contributed by atoms with van der Waals surface area (Å²) in [6.45, 7) is 1.33. The first-order valence-corrected chi connectivity index (χ1v) is 8.34. The van der Waals surface area contributed by atoms with E-state index in [1.807, 2.05) is 72.8 Å². The smallest absolute Gasteiger partial charge is 0.0585 e. The van der Waals surface area contributed by atoms with E-state index in [1.165, 1.54) is 0 Å². The Morgan fingerprint density at radius 1 is 0.625 bits per heavy atom. The van der Waals surface area contributed by atoms with E-state index in [-0.39, 0.29) is 0 Å². The maximum Gasteiger partial charge on any atom is 0.0585 e. The van der Waals surface area contributed by atoms with Gasteiger partial charge in [0.15, 0.2) is 0 Å². The van der Waals surface area contributed by atoms with Crippen molar-refractivity contribution >= 4 is 47.8 Å². The van der Waals surface area contributed by atoms with Crippen LogP contribution >= 0.6 is 23.2 Å². The monoisotopic (exact) mass is 356 g/mol. The van der Waals surface area contributed by atoms with Crippen LogP contribution in [0.3, 0.4) is 0 Å². The van der Waals surface area contributed by atoms with E-state index in [1.54, 1.807) is 12.4 Å². The van der Waals surface area contributed by atoms with Gasteiger partial charge in [-0.1, -0.05) is 59.6 Å². The third kappa shape index (κ3) is 7.40. The van der Waals surface area contributed by atoms with Gasteiger partial charge in [-0.05, 0) is 47.5 Å². The largest absolute Gasteiger partial charge is 0.291 e. The van der Waals surface area contributed by atoms with Crippen LogP contribution in [0.1, 0.15) is 11.1 Å². The average Bonchev–Trinajstić information content (AvgIpc) is 2.60. The zero-order valence-corrected chi connectivity index (χ0v) is 14.7. The predicted octanol–water partition coefficient (Wildman–Crippen LogP) is 5.86. The molecule has 4 heteroatoms. The van der Waals surface area contributed by atoms with Crippen LogP contribution in [-0.2, 0) is 0 Å². The van der Waals surface area contributed by atoms with Gasteiger partial charge < -0.3 is 0 Å². The van der Waals surface area contributed by atoms with E-state index in [2.05, 4.69) is 9.98 Å². The molecule has 0 aliphatic carbocycles. The number of nitrogens with zero attached hydrogens (tertiary/aromatic N) is 2. The van der Waals surface area contributed by atoms with Gasteiger partial charge in [-0.2, -0.15) is 0 Å². The third-order valence-corrected chi connectivity index (χ3v) is 3.56. The molecule has 24 heavy (non-hydrogen) atoms. The van der Waals surface area contributed by atoms with Crippen LogP contribution in [0.5, 0.6) is 0 Å². The Morgan fingerprint density at radius 3 is 1.38 bits per heavy atom. The van der Waals surface area contributed by atoms with Gasteiger partial charge in [-0.15, -0.1) is 0 Å². The van der Waals surface area contributed by atoms with Gasteiger partial charge >= 0.3 is 0 Å². The zero-order chi connectivity index (χ0) is 17.0. The van der Waals surface area contributed by atoms with Gasteiger partial charge in [0.1, 0.15) is 0 Å². The quantitative estimate of drug-likeness (QED) is 0.438. The highest BCUT2D eigenvalue weighted by Gasteiger charge is 1.87. The van der Waals surface area contributed by atoms with Gasteiger partial charge in [0, 0.05) is 22.5 Å². The van der Waals surface area contributed by atoms with E-state index in [0.29, 0.717) is 13.1 Å². The van der Waals surface area contributed by atoms with Crippen molar-refractivity contribution in [2.75, 3.05) is 13.1 Å². The van der Waals surface area contributed by atoms with E-state index >= 15 is 0 Å². The van der Waals surface area contributed by atoms with Crippen LogP contribution in [-0.4, -0.2) is 25.5 Å².